The molecule has 0 aliphatic heterocycles. The second-order valence-corrected chi connectivity index (χ2v) is 8.52. The van der Waals surface area contributed by atoms with E-state index in [0.29, 0.717) is 29.3 Å². The Hall–Kier alpha value is -0.570. The van der Waals surface area contributed by atoms with Gasteiger partial charge in [0.05, 0.1) is 6.54 Å². The molecule has 1 rings (SSSR count). The molecule has 1 aliphatic carbocycles. The third-order valence-electron chi connectivity index (χ3n) is 4.15. The van der Waals surface area contributed by atoms with Gasteiger partial charge in [0.2, 0.25) is 5.91 Å². The molecule has 0 unspecified atom stereocenters. The monoisotopic (exact) mass is 282 g/mol. The zero-order valence-corrected chi connectivity index (χ0v) is 14.3. The van der Waals surface area contributed by atoms with Gasteiger partial charge >= 0.3 is 0 Å². The van der Waals surface area contributed by atoms with Crippen LogP contribution in [0.1, 0.15) is 67.2 Å². The summed E-state index contributed by atoms with van der Waals surface area (Å²) in [5.41, 5.74) is 0.737. The topological polar surface area (TPSA) is 41.1 Å². The molecule has 20 heavy (non-hydrogen) atoms. The minimum absolute atomic E-state index is 0.131. The molecule has 118 valence electrons. The highest BCUT2D eigenvalue weighted by Gasteiger charge is 2.38. The van der Waals surface area contributed by atoms with Crippen LogP contribution in [0.3, 0.4) is 0 Å². The van der Waals surface area contributed by atoms with Gasteiger partial charge in [0.1, 0.15) is 0 Å². The maximum Gasteiger partial charge on any atom is 0.233 e. The Morgan fingerprint density at radius 2 is 1.70 bits per heavy atom. The highest BCUT2D eigenvalue weighted by Crippen LogP contribution is 2.45. The van der Waals surface area contributed by atoms with Crippen molar-refractivity contribution in [2.75, 3.05) is 13.1 Å². The van der Waals surface area contributed by atoms with Gasteiger partial charge in [-0.05, 0) is 42.4 Å². The fourth-order valence-electron chi connectivity index (χ4n) is 3.79. The molecule has 0 bridgehead atoms. The highest BCUT2D eigenvalue weighted by atomic mass is 16.1. The van der Waals surface area contributed by atoms with Gasteiger partial charge in [0, 0.05) is 12.6 Å². The van der Waals surface area contributed by atoms with Gasteiger partial charge in [-0.1, -0.05) is 41.5 Å². The van der Waals surface area contributed by atoms with E-state index >= 15 is 0 Å². The van der Waals surface area contributed by atoms with Gasteiger partial charge in [-0.3, -0.25) is 4.79 Å². The Balaban J connectivity index is 2.32. The molecule has 1 aliphatic rings. The van der Waals surface area contributed by atoms with E-state index in [-0.39, 0.29) is 5.91 Å². The van der Waals surface area contributed by atoms with Crippen LogP contribution in [0.15, 0.2) is 0 Å². The minimum Gasteiger partial charge on any atom is -0.355 e. The first-order valence-electron chi connectivity index (χ1n) is 8.10. The van der Waals surface area contributed by atoms with Crippen molar-refractivity contribution in [1.82, 2.24) is 10.6 Å². The lowest BCUT2D eigenvalue weighted by Gasteiger charge is -2.45. The maximum atomic E-state index is 11.8. The fraction of sp³-hybridized carbons (Fsp3) is 0.941. The molecule has 0 radical (unpaired) electrons. The van der Waals surface area contributed by atoms with E-state index in [9.17, 15) is 4.79 Å². The Labute approximate surface area is 125 Å². The van der Waals surface area contributed by atoms with Crippen molar-refractivity contribution in [2.24, 2.45) is 16.7 Å². The van der Waals surface area contributed by atoms with Gasteiger partial charge in [-0.15, -0.1) is 0 Å². The van der Waals surface area contributed by atoms with Crippen LogP contribution in [0.5, 0.6) is 0 Å². The average Bonchev–Trinajstić information content (AvgIpc) is 2.21. The summed E-state index contributed by atoms with van der Waals surface area (Å²) in [5.74, 6) is 0.773. The van der Waals surface area contributed by atoms with Gasteiger partial charge < -0.3 is 10.6 Å². The van der Waals surface area contributed by atoms with Crippen LogP contribution >= 0.6 is 0 Å². The molecule has 0 aromatic rings. The highest BCUT2D eigenvalue weighted by molar-refractivity contribution is 5.77. The second-order valence-electron chi connectivity index (χ2n) is 8.52. The molecule has 0 spiro atoms. The molecule has 0 aromatic carbocycles. The van der Waals surface area contributed by atoms with Crippen LogP contribution in [0.2, 0.25) is 0 Å². The summed E-state index contributed by atoms with van der Waals surface area (Å²) in [6.07, 6.45) is 4.64. The van der Waals surface area contributed by atoms with Crippen molar-refractivity contribution >= 4 is 5.91 Å². The molecule has 0 saturated heterocycles. The molecule has 3 nitrogen and oxygen atoms in total. The Morgan fingerprint density at radius 1 is 1.15 bits per heavy atom. The van der Waals surface area contributed by atoms with Crippen molar-refractivity contribution in [3.63, 3.8) is 0 Å². The molecule has 0 heterocycles. The number of hydrogen-bond donors (Lipinski definition) is 2. The molecular weight excluding hydrogens is 248 g/mol. The van der Waals surface area contributed by atoms with Crippen molar-refractivity contribution in [3.8, 4) is 0 Å². The van der Waals surface area contributed by atoms with E-state index in [1.165, 1.54) is 6.42 Å². The number of rotatable bonds is 6. The van der Waals surface area contributed by atoms with Crippen LogP contribution in [-0.2, 0) is 4.79 Å². The molecule has 0 aromatic heterocycles. The first-order valence-corrected chi connectivity index (χ1v) is 8.10. The zero-order chi connectivity index (χ0) is 15.4. The minimum atomic E-state index is 0.131. The quantitative estimate of drug-likeness (QED) is 0.784. The zero-order valence-electron chi connectivity index (χ0n) is 14.3. The SMILES string of the molecule is CC(C)CCNC(=O)CNC1CC(C)(C)CC(C)(C)C1. The van der Waals surface area contributed by atoms with Crippen molar-refractivity contribution < 1.29 is 4.79 Å². The lowest BCUT2D eigenvalue weighted by atomic mass is 9.63. The number of carbonyl (C=O) groups excluding carboxylic acids is 1. The van der Waals surface area contributed by atoms with E-state index in [1.807, 2.05) is 0 Å². The third kappa shape index (κ3) is 6.74. The lowest BCUT2D eigenvalue weighted by Crippen LogP contribution is -2.47. The van der Waals surface area contributed by atoms with Gasteiger partial charge in [-0.25, -0.2) is 0 Å². The molecule has 1 saturated carbocycles. The Kier molecular flexibility index (Phi) is 6.06. The molecule has 1 amide bonds. The van der Waals surface area contributed by atoms with Gasteiger partial charge in [-0.2, -0.15) is 0 Å². The summed E-state index contributed by atoms with van der Waals surface area (Å²) >= 11 is 0. The summed E-state index contributed by atoms with van der Waals surface area (Å²) < 4.78 is 0. The van der Waals surface area contributed by atoms with Crippen LogP contribution in [-0.4, -0.2) is 25.0 Å². The van der Waals surface area contributed by atoms with E-state index in [4.69, 9.17) is 0 Å². The second kappa shape index (κ2) is 6.93. The number of carbonyl (C=O) groups is 1. The maximum absolute atomic E-state index is 11.8. The predicted molar refractivity (Wildman–Crippen MR) is 85.7 cm³/mol. The first-order chi connectivity index (χ1) is 9.10. The summed E-state index contributed by atoms with van der Waals surface area (Å²) in [5, 5.41) is 6.45. The van der Waals surface area contributed by atoms with E-state index in [1.54, 1.807) is 0 Å². The summed E-state index contributed by atoms with van der Waals surface area (Å²) in [4.78, 5) is 11.8. The molecular formula is C17H34N2O. The Bertz CT molecular complexity index is 305. The third-order valence-corrected chi connectivity index (χ3v) is 4.15. The van der Waals surface area contributed by atoms with Crippen molar-refractivity contribution in [1.29, 1.82) is 0 Å². The van der Waals surface area contributed by atoms with E-state index < -0.39 is 0 Å². The van der Waals surface area contributed by atoms with Gasteiger partial charge in [0.25, 0.3) is 0 Å². The van der Waals surface area contributed by atoms with E-state index in [0.717, 1.165) is 25.8 Å². The number of hydrogen-bond acceptors (Lipinski definition) is 2. The van der Waals surface area contributed by atoms with Gasteiger partial charge in [0.15, 0.2) is 0 Å². The summed E-state index contributed by atoms with van der Waals surface area (Å²) in [7, 11) is 0. The normalized spacial score (nSPS) is 21.9. The fourth-order valence-corrected chi connectivity index (χ4v) is 3.79. The van der Waals surface area contributed by atoms with Crippen LogP contribution in [0.25, 0.3) is 0 Å². The number of nitrogens with one attached hydrogen (secondary N) is 2. The lowest BCUT2D eigenvalue weighted by molar-refractivity contribution is -0.120. The van der Waals surface area contributed by atoms with E-state index in [2.05, 4.69) is 52.2 Å². The number of amides is 1. The standard InChI is InChI=1S/C17H34N2O/c1-13(2)7-8-18-15(20)11-19-14-9-16(3,4)12-17(5,6)10-14/h13-14,19H,7-12H2,1-6H3,(H,18,20). The summed E-state index contributed by atoms with van der Waals surface area (Å²) in [6.45, 7) is 15.0. The van der Waals surface area contributed by atoms with Crippen LogP contribution < -0.4 is 10.6 Å². The smallest absolute Gasteiger partial charge is 0.233 e. The summed E-state index contributed by atoms with van der Waals surface area (Å²) in [6, 6.07) is 0.463. The van der Waals surface area contributed by atoms with Crippen molar-refractivity contribution in [3.05, 3.63) is 0 Å². The molecule has 0 atom stereocenters. The molecule has 1 fully saturated rings. The average molecular weight is 282 g/mol. The van der Waals surface area contributed by atoms with Crippen LogP contribution in [0.4, 0.5) is 0 Å². The predicted octanol–water partition coefficient (Wildman–Crippen LogP) is 3.34. The Morgan fingerprint density at radius 3 is 2.20 bits per heavy atom. The largest absolute Gasteiger partial charge is 0.355 e. The van der Waals surface area contributed by atoms with Crippen molar-refractivity contribution in [2.45, 2.75) is 73.3 Å². The molecule has 3 heteroatoms. The first kappa shape index (κ1) is 17.5. The van der Waals surface area contributed by atoms with Crippen LogP contribution in [0, 0.1) is 16.7 Å². The molecule has 2 N–H and O–H groups in total.